The van der Waals surface area contributed by atoms with Gasteiger partial charge in [-0.15, -0.1) is 0 Å². The van der Waals surface area contributed by atoms with E-state index in [-0.39, 0.29) is 0 Å². The molecule has 0 aliphatic heterocycles. The number of hydrogen-bond donors (Lipinski definition) is 1. The fourth-order valence-corrected chi connectivity index (χ4v) is 2.59. The molecule has 0 amide bonds. The van der Waals surface area contributed by atoms with E-state index in [0.717, 1.165) is 39.7 Å². The van der Waals surface area contributed by atoms with Crippen LogP contribution >= 0.6 is 0 Å². The Labute approximate surface area is 129 Å². The molecule has 0 aliphatic rings. The number of benzene rings is 1. The zero-order valence-electron chi connectivity index (χ0n) is 13.0. The number of imidazole rings is 1. The molecule has 2 N–H and O–H groups in total. The van der Waals surface area contributed by atoms with Crippen molar-refractivity contribution in [3.8, 4) is 22.8 Å². The number of rotatable bonds is 4. The highest BCUT2D eigenvalue weighted by Gasteiger charge is 2.15. The molecule has 5 heteroatoms. The number of aromatic nitrogens is 2. The minimum atomic E-state index is 0.500. The molecule has 114 valence electrons. The van der Waals surface area contributed by atoms with Crippen molar-refractivity contribution in [3.63, 3.8) is 0 Å². The van der Waals surface area contributed by atoms with Crippen molar-refractivity contribution in [1.29, 1.82) is 0 Å². The van der Waals surface area contributed by atoms with Crippen molar-refractivity contribution >= 4 is 5.65 Å². The first-order chi connectivity index (χ1) is 10.7. The summed E-state index contributed by atoms with van der Waals surface area (Å²) in [4.78, 5) is 4.75. The minimum absolute atomic E-state index is 0.500. The summed E-state index contributed by atoms with van der Waals surface area (Å²) < 4.78 is 12.8. The Bertz CT molecular complexity index is 824. The van der Waals surface area contributed by atoms with Gasteiger partial charge < -0.3 is 19.6 Å². The van der Waals surface area contributed by atoms with Crippen LogP contribution in [0.4, 0.5) is 0 Å². The average Bonchev–Trinajstić information content (AvgIpc) is 2.90. The number of fused-ring (bicyclic) bond motifs is 1. The molecule has 5 nitrogen and oxygen atoms in total. The van der Waals surface area contributed by atoms with Crippen molar-refractivity contribution in [2.75, 3.05) is 14.2 Å². The van der Waals surface area contributed by atoms with E-state index in [1.807, 2.05) is 47.9 Å². The summed E-state index contributed by atoms with van der Waals surface area (Å²) in [5, 5.41) is 0. The molecule has 0 bridgehead atoms. The van der Waals surface area contributed by atoms with Crippen molar-refractivity contribution in [2.24, 2.45) is 5.73 Å². The molecular formula is C17H19N3O2. The summed E-state index contributed by atoms with van der Waals surface area (Å²) in [6.07, 6.45) is 2.00. The van der Waals surface area contributed by atoms with E-state index in [1.165, 1.54) is 0 Å². The molecule has 0 radical (unpaired) electrons. The molecule has 2 aromatic heterocycles. The fourth-order valence-electron chi connectivity index (χ4n) is 2.59. The Balaban J connectivity index is 2.23. The Morgan fingerprint density at radius 3 is 2.64 bits per heavy atom. The number of methoxy groups -OCH3 is 2. The van der Waals surface area contributed by atoms with Crippen LogP contribution in [0.1, 0.15) is 11.3 Å². The summed E-state index contributed by atoms with van der Waals surface area (Å²) >= 11 is 0. The molecular weight excluding hydrogens is 278 g/mol. The standard InChI is InChI=1S/C17H19N3O2/c1-11-17(14-9-13(21-2)4-5-15(14)22-3)19-16-8-12(10-18)6-7-20(11)16/h4-9H,10,18H2,1-3H3. The second-order valence-corrected chi connectivity index (χ2v) is 5.08. The second-order valence-electron chi connectivity index (χ2n) is 5.08. The highest BCUT2D eigenvalue weighted by Crippen LogP contribution is 2.35. The molecule has 3 aromatic rings. The van der Waals surface area contributed by atoms with Gasteiger partial charge in [-0.05, 0) is 42.8 Å². The van der Waals surface area contributed by atoms with Gasteiger partial charge in [0.2, 0.25) is 0 Å². The van der Waals surface area contributed by atoms with Gasteiger partial charge in [0.15, 0.2) is 0 Å². The van der Waals surface area contributed by atoms with E-state index < -0.39 is 0 Å². The van der Waals surface area contributed by atoms with Crippen LogP contribution in [-0.4, -0.2) is 23.6 Å². The third-order valence-corrected chi connectivity index (χ3v) is 3.83. The lowest BCUT2D eigenvalue weighted by atomic mass is 10.1. The highest BCUT2D eigenvalue weighted by atomic mass is 16.5. The van der Waals surface area contributed by atoms with Crippen LogP contribution in [0.5, 0.6) is 11.5 Å². The molecule has 0 unspecified atom stereocenters. The number of hydrogen-bond acceptors (Lipinski definition) is 4. The Hall–Kier alpha value is -2.53. The second kappa shape index (κ2) is 5.69. The summed E-state index contributed by atoms with van der Waals surface area (Å²) in [7, 11) is 3.30. The molecule has 0 spiro atoms. The Kier molecular flexibility index (Phi) is 3.73. The van der Waals surface area contributed by atoms with Gasteiger partial charge in [0.05, 0.1) is 19.9 Å². The van der Waals surface area contributed by atoms with E-state index in [2.05, 4.69) is 0 Å². The Morgan fingerprint density at radius 2 is 1.95 bits per heavy atom. The zero-order chi connectivity index (χ0) is 15.7. The van der Waals surface area contributed by atoms with E-state index in [0.29, 0.717) is 6.54 Å². The summed E-state index contributed by atoms with van der Waals surface area (Å²) in [6, 6.07) is 9.72. The topological polar surface area (TPSA) is 61.8 Å². The lowest BCUT2D eigenvalue weighted by Crippen LogP contribution is -1.97. The molecule has 0 aliphatic carbocycles. The van der Waals surface area contributed by atoms with Gasteiger partial charge in [0.25, 0.3) is 0 Å². The van der Waals surface area contributed by atoms with Crippen LogP contribution in [-0.2, 0) is 6.54 Å². The van der Waals surface area contributed by atoms with Crippen LogP contribution in [0.3, 0.4) is 0 Å². The van der Waals surface area contributed by atoms with Crippen LogP contribution in [0.15, 0.2) is 36.5 Å². The van der Waals surface area contributed by atoms with Crippen molar-refractivity contribution in [3.05, 3.63) is 47.8 Å². The van der Waals surface area contributed by atoms with Crippen LogP contribution < -0.4 is 15.2 Å². The van der Waals surface area contributed by atoms with Crippen LogP contribution in [0.2, 0.25) is 0 Å². The van der Waals surface area contributed by atoms with Gasteiger partial charge in [-0.25, -0.2) is 4.98 Å². The van der Waals surface area contributed by atoms with E-state index in [4.69, 9.17) is 20.2 Å². The van der Waals surface area contributed by atoms with Gasteiger partial charge in [-0.3, -0.25) is 0 Å². The number of ether oxygens (including phenoxy) is 2. The molecule has 1 aromatic carbocycles. The van der Waals surface area contributed by atoms with E-state index in [1.54, 1.807) is 14.2 Å². The molecule has 0 atom stereocenters. The highest BCUT2D eigenvalue weighted by molar-refractivity contribution is 5.73. The number of nitrogens with zero attached hydrogens (tertiary/aromatic N) is 2. The largest absolute Gasteiger partial charge is 0.497 e. The van der Waals surface area contributed by atoms with Gasteiger partial charge in [0, 0.05) is 24.0 Å². The number of pyridine rings is 1. The molecule has 0 saturated carbocycles. The maximum atomic E-state index is 5.71. The maximum Gasteiger partial charge on any atom is 0.137 e. The van der Waals surface area contributed by atoms with Crippen LogP contribution in [0.25, 0.3) is 16.9 Å². The first-order valence-corrected chi connectivity index (χ1v) is 7.08. The zero-order valence-corrected chi connectivity index (χ0v) is 13.0. The summed E-state index contributed by atoms with van der Waals surface area (Å²) in [5.74, 6) is 1.54. The minimum Gasteiger partial charge on any atom is -0.497 e. The van der Waals surface area contributed by atoms with Crippen molar-refractivity contribution in [1.82, 2.24) is 9.38 Å². The smallest absolute Gasteiger partial charge is 0.137 e. The molecule has 0 fully saturated rings. The average molecular weight is 297 g/mol. The van der Waals surface area contributed by atoms with Gasteiger partial charge in [-0.2, -0.15) is 0 Å². The molecule has 2 heterocycles. The molecule has 3 rings (SSSR count). The van der Waals surface area contributed by atoms with E-state index in [9.17, 15) is 0 Å². The van der Waals surface area contributed by atoms with Crippen LogP contribution in [0, 0.1) is 6.92 Å². The third-order valence-electron chi connectivity index (χ3n) is 3.83. The number of nitrogens with two attached hydrogens (primary N) is 1. The Morgan fingerprint density at radius 1 is 1.14 bits per heavy atom. The quantitative estimate of drug-likeness (QED) is 0.804. The third kappa shape index (κ3) is 2.29. The first kappa shape index (κ1) is 14.4. The normalized spacial score (nSPS) is 10.9. The number of aryl methyl sites for hydroxylation is 1. The monoisotopic (exact) mass is 297 g/mol. The summed E-state index contributed by atoms with van der Waals surface area (Å²) in [5.41, 5.74) is 10.5. The molecule has 22 heavy (non-hydrogen) atoms. The summed E-state index contributed by atoms with van der Waals surface area (Å²) in [6.45, 7) is 2.54. The van der Waals surface area contributed by atoms with Crippen molar-refractivity contribution < 1.29 is 9.47 Å². The fraction of sp³-hybridized carbons (Fsp3) is 0.235. The van der Waals surface area contributed by atoms with Gasteiger partial charge in [0.1, 0.15) is 17.1 Å². The van der Waals surface area contributed by atoms with Crippen molar-refractivity contribution in [2.45, 2.75) is 13.5 Å². The SMILES string of the molecule is COc1ccc(OC)c(-c2nc3cc(CN)ccn3c2C)c1. The molecule has 0 saturated heterocycles. The van der Waals surface area contributed by atoms with Gasteiger partial charge >= 0.3 is 0 Å². The predicted molar refractivity (Wildman–Crippen MR) is 86.4 cm³/mol. The lowest BCUT2D eigenvalue weighted by molar-refractivity contribution is 0.404. The maximum absolute atomic E-state index is 5.71. The van der Waals surface area contributed by atoms with Gasteiger partial charge in [-0.1, -0.05) is 0 Å². The first-order valence-electron chi connectivity index (χ1n) is 7.08. The predicted octanol–water partition coefficient (Wildman–Crippen LogP) is 2.79. The van der Waals surface area contributed by atoms with E-state index >= 15 is 0 Å². The lowest BCUT2D eigenvalue weighted by Gasteiger charge is -2.09.